The highest BCUT2D eigenvalue weighted by Crippen LogP contribution is 2.29. The molecule has 11 heteroatoms. The van der Waals surface area contributed by atoms with Crippen molar-refractivity contribution in [2.75, 3.05) is 18.4 Å². The minimum Gasteiger partial charge on any atom is -0.452 e. The number of ether oxygens (including phenoxy) is 2. The number of anilines is 1. The number of carbonyl (C=O) groups is 3. The van der Waals surface area contributed by atoms with E-state index in [1.807, 2.05) is 0 Å². The Bertz CT molecular complexity index is 742. The van der Waals surface area contributed by atoms with Gasteiger partial charge in [0.05, 0.1) is 10.9 Å². The number of amides is 3. The molecular formula is C17H20ClF2N3O5. The van der Waals surface area contributed by atoms with Crippen LogP contribution in [0, 0.1) is 5.92 Å². The third-order valence-electron chi connectivity index (χ3n) is 4.22. The predicted octanol–water partition coefficient (Wildman–Crippen LogP) is 2.60. The number of primary amides is 1. The summed E-state index contributed by atoms with van der Waals surface area (Å²) >= 11 is 5.82. The summed E-state index contributed by atoms with van der Waals surface area (Å²) in [6, 6.07) is 3.22. The number of urea groups is 1. The van der Waals surface area contributed by atoms with Crippen molar-refractivity contribution in [1.29, 1.82) is 0 Å². The molecule has 0 unspecified atom stereocenters. The number of nitrogens with two attached hydrogens (primary N) is 1. The molecule has 0 aliphatic carbocycles. The highest BCUT2D eigenvalue weighted by Gasteiger charge is 2.29. The standard InChI is InChI=1S/C17H20ClF2N3O5/c1-9(27-15(25)10-4-6-23(7-5-10)17(21)26)14(24)22-11-2-3-13(12(18)8-11)28-16(19)20/h2-3,8-10,16H,4-7H2,1H3,(H2,21,26)(H,22,24)/t9-/m0/s1. The van der Waals surface area contributed by atoms with Crippen molar-refractivity contribution in [3.05, 3.63) is 23.2 Å². The molecule has 3 N–H and O–H groups in total. The van der Waals surface area contributed by atoms with Crippen LogP contribution >= 0.6 is 11.6 Å². The van der Waals surface area contributed by atoms with Crippen molar-refractivity contribution in [3.8, 4) is 5.75 Å². The molecule has 1 aliphatic rings. The van der Waals surface area contributed by atoms with Gasteiger partial charge in [-0.25, -0.2) is 4.79 Å². The van der Waals surface area contributed by atoms with Gasteiger partial charge in [0.2, 0.25) is 0 Å². The van der Waals surface area contributed by atoms with Crippen LogP contribution in [0.5, 0.6) is 5.75 Å². The number of hydrogen-bond acceptors (Lipinski definition) is 5. The number of esters is 1. The highest BCUT2D eigenvalue weighted by atomic mass is 35.5. The number of likely N-dealkylation sites (tertiary alicyclic amines) is 1. The zero-order chi connectivity index (χ0) is 20.8. The summed E-state index contributed by atoms with van der Waals surface area (Å²) in [5.74, 6) is -1.80. The third-order valence-corrected chi connectivity index (χ3v) is 4.51. The number of halogens is 3. The van der Waals surface area contributed by atoms with Crippen LogP contribution in [0.4, 0.5) is 19.3 Å². The molecule has 154 valence electrons. The molecule has 28 heavy (non-hydrogen) atoms. The Morgan fingerprint density at radius 2 is 1.93 bits per heavy atom. The lowest BCUT2D eigenvalue weighted by Gasteiger charge is -2.30. The molecule has 1 fully saturated rings. The van der Waals surface area contributed by atoms with E-state index in [0.29, 0.717) is 25.9 Å². The molecule has 0 radical (unpaired) electrons. The lowest BCUT2D eigenvalue weighted by atomic mass is 9.97. The van der Waals surface area contributed by atoms with E-state index in [1.165, 1.54) is 30.0 Å². The number of nitrogens with zero attached hydrogens (tertiary/aromatic N) is 1. The first-order valence-corrected chi connectivity index (χ1v) is 8.85. The largest absolute Gasteiger partial charge is 0.452 e. The molecule has 1 atom stereocenters. The fourth-order valence-corrected chi connectivity index (χ4v) is 2.90. The van der Waals surface area contributed by atoms with Gasteiger partial charge in [-0.15, -0.1) is 0 Å². The van der Waals surface area contributed by atoms with E-state index in [-0.39, 0.29) is 16.5 Å². The van der Waals surface area contributed by atoms with E-state index in [4.69, 9.17) is 22.1 Å². The number of piperidine rings is 1. The van der Waals surface area contributed by atoms with Crippen LogP contribution < -0.4 is 15.8 Å². The van der Waals surface area contributed by atoms with Crippen molar-refractivity contribution in [2.24, 2.45) is 11.7 Å². The van der Waals surface area contributed by atoms with E-state index >= 15 is 0 Å². The number of hydrogen-bond donors (Lipinski definition) is 2. The Kier molecular flexibility index (Phi) is 7.38. The van der Waals surface area contributed by atoms with Gasteiger partial charge >= 0.3 is 18.6 Å². The zero-order valence-corrected chi connectivity index (χ0v) is 15.7. The van der Waals surface area contributed by atoms with Gasteiger partial charge in [0.25, 0.3) is 5.91 Å². The van der Waals surface area contributed by atoms with Crippen molar-refractivity contribution >= 4 is 35.2 Å². The lowest BCUT2D eigenvalue weighted by molar-refractivity contribution is -0.158. The molecule has 1 aromatic carbocycles. The van der Waals surface area contributed by atoms with E-state index < -0.39 is 36.5 Å². The number of benzene rings is 1. The Morgan fingerprint density at radius 3 is 2.46 bits per heavy atom. The van der Waals surface area contributed by atoms with Crippen LogP contribution in [0.25, 0.3) is 0 Å². The number of nitrogens with one attached hydrogen (secondary N) is 1. The molecule has 0 bridgehead atoms. The summed E-state index contributed by atoms with van der Waals surface area (Å²) in [7, 11) is 0. The van der Waals surface area contributed by atoms with E-state index in [2.05, 4.69) is 10.1 Å². The van der Waals surface area contributed by atoms with E-state index in [1.54, 1.807) is 0 Å². The molecule has 0 saturated carbocycles. The van der Waals surface area contributed by atoms with Gasteiger partial charge in [0.15, 0.2) is 6.10 Å². The SMILES string of the molecule is C[C@H](OC(=O)C1CCN(C(N)=O)CC1)C(=O)Nc1ccc(OC(F)F)c(Cl)c1. The highest BCUT2D eigenvalue weighted by molar-refractivity contribution is 6.32. The smallest absolute Gasteiger partial charge is 0.387 e. The Balaban J connectivity index is 1.86. The molecule has 3 amide bonds. The molecule has 1 saturated heterocycles. The van der Waals surface area contributed by atoms with Crippen molar-refractivity contribution in [3.63, 3.8) is 0 Å². The summed E-state index contributed by atoms with van der Waals surface area (Å²) in [5.41, 5.74) is 5.42. The van der Waals surface area contributed by atoms with Gasteiger partial charge < -0.3 is 25.4 Å². The van der Waals surface area contributed by atoms with Crippen LogP contribution in [-0.2, 0) is 14.3 Å². The predicted molar refractivity (Wildman–Crippen MR) is 96.1 cm³/mol. The molecule has 8 nitrogen and oxygen atoms in total. The zero-order valence-electron chi connectivity index (χ0n) is 15.0. The van der Waals surface area contributed by atoms with Crippen LogP contribution in [-0.4, -0.2) is 48.6 Å². The number of rotatable bonds is 6. The monoisotopic (exact) mass is 419 g/mol. The molecule has 1 aliphatic heterocycles. The van der Waals surface area contributed by atoms with Gasteiger partial charge in [0, 0.05) is 18.8 Å². The van der Waals surface area contributed by atoms with Gasteiger partial charge in [-0.05, 0) is 38.0 Å². The van der Waals surface area contributed by atoms with E-state index in [9.17, 15) is 23.2 Å². The maximum atomic E-state index is 12.2. The Labute approximate surface area is 164 Å². The molecule has 1 aromatic rings. The molecule has 0 spiro atoms. The summed E-state index contributed by atoms with van der Waals surface area (Å²) in [5, 5.41) is 2.37. The van der Waals surface area contributed by atoms with Gasteiger partial charge in [-0.1, -0.05) is 11.6 Å². The van der Waals surface area contributed by atoms with Gasteiger partial charge in [0.1, 0.15) is 5.75 Å². The van der Waals surface area contributed by atoms with Crippen molar-refractivity contribution in [2.45, 2.75) is 32.5 Å². The average molecular weight is 420 g/mol. The average Bonchev–Trinajstić information content (AvgIpc) is 2.63. The Hall–Kier alpha value is -2.62. The summed E-state index contributed by atoms with van der Waals surface area (Å²) in [6.07, 6.45) is -0.285. The minimum atomic E-state index is -3.02. The molecule has 2 rings (SSSR count). The lowest BCUT2D eigenvalue weighted by Crippen LogP contribution is -2.44. The first-order chi connectivity index (χ1) is 13.2. The third kappa shape index (κ3) is 5.95. The topological polar surface area (TPSA) is 111 Å². The maximum absolute atomic E-state index is 12.2. The summed E-state index contributed by atoms with van der Waals surface area (Å²) in [6.45, 7) is -0.920. The number of alkyl halides is 2. The minimum absolute atomic E-state index is 0.107. The summed E-state index contributed by atoms with van der Waals surface area (Å²) < 4.78 is 33.9. The van der Waals surface area contributed by atoms with Gasteiger partial charge in [-0.2, -0.15) is 8.78 Å². The van der Waals surface area contributed by atoms with Crippen molar-refractivity contribution < 1.29 is 32.6 Å². The fourth-order valence-electron chi connectivity index (χ4n) is 2.67. The fraction of sp³-hybridized carbons (Fsp3) is 0.471. The van der Waals surface area contributed by atoms with Crippen LogP contribution in [0.1, 0.15) is 19.8 Å². The second kappa shape index (κ2) is 9.54. The second-order valence-corrected chi connectivity index (χ2v) is 6.60. The quantitative estimate of drug-likeness (QED) is 0.688. The normalized spacial score (nSPS) is 15.8. The second-order valence-electron chi connectivity index (χ2n) is 6.19. The number of carbonyl (C=O) groups excluding carboxylic acids is 3. The van der Waals surface area contributed by atoms with Crippen LogP contribution in [0.3, 0.4) is 0 Å². The van der Waals surface area contributed by atoms with E-state index in [0.717, 1.165) is 0 Å². The first kappa shape index (κ1) is 21.7. The Morgan fingerprint density at radius 1 is 1.29 bits per heavy atom. The molecule has 0 aromatic heterocycles. The van der Waals surface area contributed by atoms with Gasteiger partial charge in [-0.3, -0.25) is 9.59 Å². The van der Waals surface area contributed by atoms with Crippen LogP contribution in [0.2, 0.25) is 5.02 Å². The van der Waals surface area contributed by atoms with Crippen molar-refractivity contribution in [1.82, 2.24) is 4.90 Å². The van der Waals surface area contributed by atoms with Crippen LogP contribution in [0.15, 0.2) is 18.2 Å². The molecular weight excluding hydrogens is 400 g/mol. The maximum Gasteiger partial charge on any atom is 0.387 e. The first-order valence-electron chi connectivity index (χ1n) is 8.47. The summed E-state index contributed by atoms with van der Waals surface area (Å²) in [4.78, 5) is 36.9. The molecule has 1 heterocycles.